The number of likely N-dealkylation sites (N-methyl/N-ethyl adjacent to an activating group) is 1. The lowest BCUT2D eigenvalue weighted by Gasteiger charge is -2.43. The second-order valence-electron chi connectivity index (χ2n) is 12.1. The zero-order valence-corrected chi connectivity index (χ0v) is 24.9. The Labute approximate surface area is 253 Å². The average Bonchev–Trinajstić information content (AvgIpc) is 3.63. The van der Waals surface area contributed by atoms with E-state index in [1.54, 1.807) is 36.6 Å². The van der Waals surface area contributed by atoms with Crippen molar-refractivity contribution in [3.8, 4) is 11.3 Å². The molecule has 4 aromatic rings. The number of benzene rings is 1. The first kappa shape index (κ1) is 29.9. The number of hydrogen-bond acceptors (Lipinski definition) is 7. The molecule has 6 rings (SSSR count). The van der Waals surface area contributed by atoms with Gasteiger partial charge in [0.2, 0.25) is 5.95 Å². The number of rotatable bonds is 6. The van der Waals surface area contributed by atoms with E-state index in [0.29, 0.717) is 36.4 Å². The number of pyridine rings is 1. The Balaban J connectivity index is 1.28. The molecule has 2 fully saturated rings. The van der Waals surface area contributed by atoms with E-state index in [2.05, 4.69) is 27.3 Å². The normalized spacial score (nSPS) is 23.1. The Morgan fingerprint density at radius 2 is 1.86 bits per heavy atom. The van der Waals surface area contributed by atoms with Crippen LogP contribution in [0.2, 0.25) is 0 Å². The molecule has 4 atom stereocenters. The van der Waals surface area contributed by atoms with Crippen LogP contribution in [0.15, 0.2) is 48.9 Å². The van der Waals surface area contributed by atoms with Gasteiger partial charge < -0.3 is 20.7 Å². The summed E-state index contributed by atoms with van der Waals surface area (Å²) in [6, 6.07) is 6.86. The number of methoxy groups -OCH3 is 1. The molecular formula is C32H36F3N7O2. The number of imidazole rings is 1. The summed E-state index contributed by atoms with van der Waals surface area (Å²) in [5, 5.41) is 7.82. The highest BCUT2D eigenvalue weighted by atomic mass is 19.1. The molecule has 0 bridgehead atoms. The van der Waals surface area contributed by atoms with E-state index in [1.807, 2.05) is 6.07 Å². The lowest BCUT2D eigenvalue weighted by Crippen LogP contribution is -2.55. The smallest absolute Gasteiger partial charge is 0.409 e. The molecule has 0 unspecified atom stereocenters. The molecule has 2 aliphatic carbocycles. The maximum absolute atomic E-state index is 15.3. The van der Waals surface area contributed by atoms with Crippen LogP contribution in [0.1, 0.15) is 62.5 Å². The summed E-state index contributed by atoms with van der Waals surface area (Å²) < 4.78 is 52.3. The van der Waals surface area contributed by atoms with Crippen molar-refractivity contribution in [2.75, 3.05) is 19.5 Å². The molecular weight excluding hydrogens is 571 g/mol. The number of aromatic nitrogens is 4. The molecule has 1 aromatic carbocycles. The molecule has 3 aromatic heterocycles. The van der Waals surface area contributed by atoms with Crippen molar-refractivity contribution in [3.05, 3.63) is 71.7 Å². The SMILES string of the molecule is COC(=O)N(C)[C@@H]1[C@H](N)C[C@H](c2ccncc2Nc2ncc3ccc(-c4c(F)cc(C5(F)CCCC5)cc4F)nn23)C[C@@H]1C. The Hall–Kier alpha value is -4.19. The van der Waals surface area contributed by atoms with Crippen LogP contribution < -0.4 is 11.1 Å². The number of halogens is 3. The third-order valence-electron chi connectivity index (χ3n) is 9.28. The monoisotopic (exact) mass is 607 g/mol. The number of nitrogens with zero attached hydrogens (tertiary/aromatic N) is 5. The summed E-state index contributed by atoms with van der Waals surface area (Å²) in [5.74, 6) is -1.22. The summed E-state index contributed by atoms with van der Waals surface area (Å²) in [5.41, 5.74) is 6.94. The largest absolute Gasteiger partial charge is 0.453 e. The Morgan fingerprint density at radius 1 is 1.14 bits per heavy atom. The van der Waals surface area contributed by atoms with Crippen molar-refractivity contribution in [1.82, 2.24) is 24.5 Å². The van der Waals surface area contributed by atoms with Gasteiger partial charge in [0.05, 0.1) is 48.0 Å². The van der Waals surface area contributed by atoms with Gasteiger partial charge in [-0.05, 0) is 91.8 Å². The first-order valence-electron chi connectivity index (χ1n) is 14.9. The standard InChI is InChI=1S/C32H36F3N7O2/c1-18-12-19(13-25(36)29(18)41(2)31(43)44-3)22-8-11-37-17-27(22)39-30-38-16-21-6-7-26(40-42(21)30)28-23(33)14-20(15-24(28)34)32(35)9-4-5-10-32/h6-8,11,14-19,25,29H,4-5,9-10,12-13,36H2,1-3H3,(H,38,39)/t18-,19+,25+,29-/m0/s1. The summed E-state index contributed by atoms with van der Waals surface area (Å²) in [7, 11) is 3.06. The van der Waals surface area contributed by atoms with Gasteiger partial charge in [-0.1, -0.05) is 6.92 Å². The van der Waals surface area contributed by atoms with E-state index < -0.39 is 23.4 Å². The van der Waals surface area contributed by atoms with Crippen LogP contribution in [-0.2, 0) is 10.4 Å². The number of anilines is 2. The fraction of sp³-hybridized carbons (Fsp3) is 0.438. The lowest BCUT2D eigenvalue weighted by molar-refractivity contribution is 0.0778. The molecule has 0 aliphatic heterocycles. The Kier molecular flexibility index (Phi) is 7.95. The molecule has 0 radical (unpaired) electrons. The van der Waals surface area contributed by atoms with Gasteiger partial charge in [0.1, 0.15) is 17.3 Å². The second-order valence-corrected chi connectivity index (χ2v) is 12.1. The molecule has 2 saturated carbocycles. The molecule has 12 heteroatoms. The van der Waals surface area contributed by atoms with Crippen molar-refractivity contribution in [2.45, 2.75) is 69.1 Å². The van der Waals surface area contributed by atoms with Crippen molar-refractivity contribution in [3.63, 3.8) is 0 Å². The van der Waals surface area contributed by atoms with E-state index in [4.69, 9.17) is 10.5 Å². The maximum atomic E-state index is 15.3. The number of alkyl halides is 1. The van der Waals surface area contributed by atoms with Crippen LogP contribution >= 0.6 is 0 Å². The number of carbonyl (C=O) groups excluding carboxylic acids is 1. The number of amides is 1. The molecule has 0 saturated heterocycles. The number of nitrogens with one attached hydrogen (secondary N) is 1. The van der Waals surface area contributed by atoms with E-state index >= 15 is 13.2 Å². The zero-order valence-electron chi connectivity index (χ0n) is 24.9. The second kappa shape index (κ2) is 11.7. The van der Waals surface area contributed by atoms with E-state index in [0.717, 1.165) is 24.1 Å². The van der Waals surface area contributed by atoms with Gasteiger partial charge in [-0.15, -0.1) is 0 Å². The minimum atomic E-state index is -1.71. The Morgan fingerprint density at radius 3 is 2.55 bits per heavy atom. The van der Waals surface area contributed by atoms with Gasteiger partial charge >= 0.3 is 6.09 Å². The summed E-state index contributed by atoms with van der Waals surface area (Å²) in [4.78, 5) is 22.5. The zero-order chi connectivity index (χ0) is 31.2. The molecule has 2 aliphatic rings. The van der Waals surface area contributed by atoms with Gasteiger partial charge in [0.15, 0.2) is 0 Å². The van der Waals surface area contributed by atoms with Gasteiger partial charge in [-0.2, -0.15) is 9.61 Å². The number of hydrogen-bond donors (Lipinski definition) is 2. The van der Waals surface area contributed by atoms with Gasteiger partial charge in [-0.25, -0.2) is 22.9 Å². The van der Waals surface area contributed by atoms with Gasteiger partial charge in [0, 0.05) is 19.3 Å². The lowest BCUT2D eigenvalue weighted by atomic mass is 9.73. The molecule has 3 heterocycles. The highest BCUT2D eigenvalue weighted by Gasteiger charge is 2.39. The first-order chi connectivity index (χ1) is 21.1. The molecule has 9 nitrogen and oxygen atoms in total. The molecule has 232 valence electrons. The summed E-state index contributed by atoms with van der Waals surface area (Å²) in [6.45, 7) is 2.07. The summed E-state index contributed by atoms with van der Waals surface area (Å²) in [6.07, 6.45) is 7.89. The van der Waals surface area contributed by atoms with Crippen molar-refractivity contribution in [2.24, 2.45) is 11.7 Å². The van der Waals surface area contributed by atoms with Crippen LogP contribution in [0, 0.1) is 17.6 Å². The molecule has 3 N–H and O–H groups in total. The minimum absolute atomic E-state index is 0.0314. The maximum Gasteiger partial charge on any atom is 0.409 e. The average molecular weight is 608 g/mol. The quantitative estimate of drug-likeness (QED) is 0.259. The Bertz CT molecular complexity index is 1650. The van der Waals surface area contributed by atoms with E-state index in [1.165, 1.54) is 17.7 Å². The van der Waals surface area contributed by atoms with Crippen LogP contribution in [-0.4, -0.2) is 56.8 Å². The van der Waals surface area contributed by atoms with Crippen molar-refractivity contribution in [1.29, 1.82) is 0 Å². The predicted molar refractivity (Wildman–Crippen MR) is 160 cm³/mol. The topological polar surface area (TPSA) is 111 Å². The highest BCUT2D eigenvalue weighted by Crippen LogP contribution is 2.44. The number of nitrogens with two attached hydrogens (primary N) is 1. The first-order valence-corrected chi connectivity index (χ1v) is 14.9. The van der Waals surface area contributed by atoms with Gasteiger partial charge in [0.25, 0.3) is 0 Å². The number of carbonyl (C=O) groups is 1. The fourth-order valence-electron chi connectivity index (χ4n) is 7.15. The van der Waals surface area contributed by atoms with E-state index in [-0.39, 0.29) is 53.6 Å². The number of ether oxygens (including phenoxy) is 1. The number of fused-ring (bicyclic) bond motifs is 1. The molecule has 0 spiro atoms. The van der Waals surface area contributed by atoms with Crippen LogP contribution in [0.4, 0.5) is 29.6 Å². The third kappa shape index (κ3) is 5.36. The van der Waals surface area contributed by atoms with Gasteiger partial charge in [-0.3, -0.25) is 4.98 Å². The van der Waals surface area contributed by atoms with Crippen LogP contribution in [0.5, 0.6) is 0 Å². The third-order valence-corrected chi connectivity index (χ3v) is 9.28. The fourth-order valence-corrected chi connectivity index (χ4v) is 7.15. The summed E-state index contributed by atoms with van der Waals surface area (Å²) >= 11 is 0. The molecule has 44 heavy (non-hydrogen) atoms. The van der Waals surface area contributed by atoms with Crippen LogP contribution in [0.25, 0.3) is 16.8 Å². The molecule has 1 amide bonds. The highest BCUT2D eigenvalue weighted by molar-refractivity contribution is 5.68. The van der Waals surface area contributed by atoms with E-state index in [9.17, 15) is 4.79 Å². The minimum Gasteiger partial charge on any atom is -0.453 e. The van der Waals surface area contributed by atoms with Crippen molar-refractivity contribution < 1.29 is 22.7 Å². The van der Waals surface area contributed by atoms with Crippen molar-refractivity contribution >= 4 is 23.2 Å². The van der Waals surface area contributed by atoms with Crippen LogP contribution in [0.3, 0.4) is 0 Å². The predicted octanol–water partition coefficient (Wildman–Crippen LogP) is 6.46.